The molecule has 26 heavy (non-hydrogen) atoms. The Labute approximate surface area is 155 Å². The number of nitrogens with zero attached hydrogens (tertiary/aromatic N) is 2. The summed E-state index contributed by atoms with van der Waals surface area (Å²) in [5.41, 5.74) is 1.14. The third-order valence-electron chi connectivity index (χ3n) is 5.43. The zero-order chi connectivity index (χ0) is 18.4. The maximum absolute atomic E-state index is 12.8. The van der Waals surface area contributed by atoms with E-state index in [9.17, 15) is 9.59 Å². The van der Waals surface area contributed by atoms with Crippen LogP contribution in [0.5, 0.6) is 0 Å². The Morgan fingerprint density at radius 1 is 1.08 bits per heavy atom. The van der Waals surface area contributed by atoms with Gasteiger partial charge in [-0.15, -0.1) is 0 Å². The molecular weight excluding hydrogens is 328 g/mol. The van der Waals surface area contributed by atoms with Gasteiger partial charge in [0.1, 0.15) is 0 Å². The maximum Gasteiger partial charge on any atom is 0.315 e. The number of hydrogen-bond donors (Lipinski definition) is 2. The van der Waals surface area contributed by atoms with Crippen LogP contribution in [0.2, 0.25) is 0 Å². The van der Waals surface area contributed by atoms with Gasteiger partial charge in [0.2, 0.25) is 5.91 Å². The van der Waals surface area contributed by atoms with Gasteiger partial charge in [-0.05, 0) is 25.5 Å². The lowest BCUT2D eigenvalue weighted by molar-refractivity contribution is -0.135. The van der Waals surface area contributed by atoms with Gasteiger partial charge in [0.05, 0.1) is 12.6 Å². The molecule has 0 bridgehead atoms. The van der Waals surface area contributed by atoms with Crippen molar-refractivity contribution in [2.75, 3.05) is 33.2 Å². The van der Waals surface area contributed by atoms with Gasteiger partial charge in [-0.2, -0.15) is 0 Å². The minimum Gasteiger partial charge on any atom is -0.335 e. The minimum atomic E-state index is -0.226. The Balaban J connectivity index is 1.54. The van der Waals surface area contributed by atoms with Gasteiger partial charge in [0, 0.05) is 25.7 Å². The first kappa shape index (κ1) is 18.7. The molecule has 1 aliphatic heterocycles. The van der Waals surface area contributed by atoms with E-state index >= 15 is 0 Å². The van der Waals surface area contributed by atoms with Gasteiger partial charge in [0.25, 0.3) is 0 Å². The molecule has 1 heterocycles. The summed E-state index contributed by atoms with van der Waals surface area (Å²) in [7, 11) is 2.08. The summed E-state index contributed by atoms with van der Waals surface area (Å²) in [5.74, 6) is -0.0225. The summed E-state index contributed by atoms with van der Waals surface area (Å²) in [6.45, 7) is 2.39. The summed E-state index contributed by atoms with van der Waals surface area (Å²) in [4.78, 5) is 29.0. The molecule has 6 heteroatoms. The van der Waals surface area contributed by atoms with Crippen LogP contribution in [-0.2, 0) is 4.79 Å². The van der Waals surface area contributed by atoms with Crippen LogP contribution in [0.1, 0.15) is 43.7 Å². The van der Waals surface area contributed by atoms with E-state index < -0.39 is 0 Å². The Morgan fingerprint density at radius 3 is 2.54 bits per heavy atom. The molecule has 1 aromatic carbocycles. The molecule has 1 aliphatic carbocycles. The van der Waals surface area contributed by atoms with Crippen LogP contribution in [0.25, 0.3) is 0 Å². The monoisotopic (exact) mass is 358 g/mol. The molecule has 1 saturated carbocycles. The third kappa shape index (κ3) is 4.97. The van der Waals surface area contributed by atoms with Crippen molar-refractivity contribution in [3.05, 3.63) is 35.9 Å². The molecule has 6 nitrogen and oxygen atoms in total. The highest BCUT2D eigenvalue weighted by Crippen LogP contribution is 2.24. The summed E-state index contributed by atoms with van der Waals surface area (Å²) in [6, 6.07) is 10.2. The van der Waals surface area contributed by atoms with Crippen molar-refractivity contribution in [2.24, 2.45) is 0 Å². The normalized spacial score (nSPS) is 22.0. The topological polar surface area (TPSA) is 64.7 Å². The molecule has 2 N–H and O–H groups in total. The number of carbonyl (C=O) groups is 2. The van der Waals surface area contributed by atoms with Crippen molar-refractivity contribution in [1.29, 1.82) is 0 Å². The average molecular weight is 358 g/mol. The smallest absolute Gasteiger partial charge is 0.315 e. The van der Waals surface area contributed by atoms with E-state index in [1.165, 1.54) is 19.3 Å². The van der Waals surface area contributed by atoms with Crippen LogP contribution in [0.3, 0.4) is 0 Å². The summed E-state index contributed by atoms with van der Waals surface area (Å²) < 4.78 is 0. The van der Waals surface area contributed by atoms with Crippen molar-refractivity contribution < 1.29 is 9.59 Å². The first-order chi connectivity index (χ1) is 12.6. The maximum atomic E-state index is 12.8. The number of carbonyl (C=O) groups excluding carboxylic acids is 2. The zero-order valence-electron chi connectivity index (χ0n) is 15.6. The van der Waals surface area contributed by atoms with Crippen LogP contribution in [0, 0.1) is 0 Å². The van der Waals surface area contributed by atoms with Gasteiger partial charge < -0.3 is 20.4 Å². The summed E-state index contributed by atoms with van der Waals surface area (Å²) in [6.07, 6.45) is 5.67. The van der Waals surface area contributed by atoms with Crippen LogP contribution in [0.4, 0.5) is 4.79 Å². The Morgan fingerprint density at radius 2 is 1.81 bits per heavy atom. The van der Waals surface area contributed by atoms with Gasteiger partial charge in [-0.3, -0.25) is 4.79 Å². The molecule has 0 aromatic heterocycles. The van der Waals surface area contributed by atoms with Crippen LogP contribution in [0.15, 0.2) is 30.3 Å². The van der Waals surface area contributed by atoms with E-state index in [1.54, 1.807) is 0 Å². The minimum absolute atomic E-state index is 0.0225. The lowest BCUT2D eigenvalue weighted by atomic mass is 9.96. The van der Waals surface area contributed by atoms with E-state index in [4.69, 9.17) is 0 Å². The molecule has 2 aliphatic rings. The van der Waals surface area contributed by atoms with Crippen molar-refractivity contribution in [2.45, 2.75) is 44.2 Å². The van der Waals surface area contributed by atoms with E-state index in [2.05, 4.69) is 34.7 Å². The first-order valence-electron chi connectivity index (χ1n) is 9.71. The highest BCUT2D eigenvalue weighted by Gasteiger charge is 2.30. The molecule has 3 rings (SSSR count). The van der Waals surface area contributed by atoms with Crippen LogP contribution in [-0.4, -0.2) is 61.0 Å². The molecule has 3 amide bonds. The van der Waals surface area contributed by atoms with Gasteiger partial charge >= 0.3 is 6.03 Å². The Hall–Kier alpha value is -2.08. The number of benzene rings is 1. The third-order valence-corrected chi connectivity index (χ3v) is 5.43. The van der Waals surface area contributed by atoms with Crippen molar-refractivity contribution in [3.8, 4) is 0 Å². The lowest BCUT2D eigenvalue weighted by Gasteiger charge is -2.40. The van der Waals surface area contributed by atoms with Gasteiger partial charge in [-0.25, -0.2) is 4.79 Å². The number of piperazine rings is 1. The van der Waals surface area contributed by atoms with Crippen molar-refractivity contribution >= 4 is 11.9 Å². The number of hydrogen-bond acceptors (Lipinski definition) is 3. The van der Waals surface area contributed by atoms with Gasteiger partial charge in [-0.1, -0.05) is 49.6 Å². The molecular formula is C20H30N4O2. The molecule has 0 radical (unpaired) electrons. The first-order valence-corrected chi connectivity index (χ1v) is 9.71. The van der Waals surface area contributed by atoms with Crippen molar-refractivity contribution in [3.63, 3.8) is 0 Å². The molecule has 1 saturated heterocycles. The highest BCUT2D eigenvalue weighted by atomic mass is 16.2. The van der Waals surface area contributed by atoms with E-state index in [0.717, 1.165) is 31.5 Å². The number of nitrogens with one attached hydrogen (secondary N) is 2. The number of amides is 3. The van der Waals surface area contributed by atoms with E-state index in [-0.39, 0.29) is 30.6 Å². The zero-order valence-corrected chi connectivity index (χ0v) is 15.6. The summed E-state index contributed by atoms with van der Waals surface area (Å²) >= 11 is 0. The number of likely N-dealkylation sites (N-methyl/N-ethyl adjacent to an activating group) is 1. The number of urea groups is 1. The summed E-state index contributed by atoms with van der Waals surface area (Å²) in [5, 5.41) is 5.75. The fourth-order valence-electron chi connectivity index (χ4n) is 3.92. The quantitative estimate of drug-likeness (QED) is 0.867. The largest absolute Gasteiger partial charge is 0.335 e. The Kier molecular flexibility index (Phi) is 6.50. The van der Waals surface area contributed by atoms with Crippen molar-refractivity contribution in [1.82, 2.24) is 20.4 Å². The highest BCUT2D eigenvalue weighted by molar-refractivity contribution is 5.84. The second kappa shape index (κ2) is 9.03. The fourth-order valence-corrected chi connectivity index (χ4v) is 3.92. The average Bonchev–Trinajstić information content (AvgIpc) is 2.67. The predicted molar refractivity (Wildman–Crippen MR) is 102 cm³/mol. The Bertz CT molecular complexity index is 601. The molecule has 1 atom stereocenters. The van der Waals surface area contributed by atoms with E-state index in [0.29, 0.717) is 6.54 Å². The molecule has 0 spiro atoms. The predicted octanol–water partition coefficient (Wildman–Crippen LogP) is 2.13. The molecule has 1 aromatic rings. The SMILES string of the molecule is CN1CCN(C(=O)CNC(=O)NC2CCCCC2)C(c2ccccc2)C1. The molecule has 142 valence electrons. The lowest BCUT2D eigenvalue weighted by Crippen LogP contribution is -2.53. The standard InChI is InChI=1S/C20H30N4O2/c1-23-12-13-24(18(15-23)16-8-4-2-5-9-16)19(25)14-21-20(26)22-17-10-6-3-7-11-17/h2,4-5,8-9,17-18H,3,6-7,10-15H2,1H3,(H2,21,22,26). The fraction of sp³-hybridized carbons (Fsp3) is 0.600. The second-order valence-corrected chi connectivity index (χ2v) is 7.44. The molecule has 1 unspecified atom stereocenters. The van der Waals surface area contributed by atoms with Gasteiger partial charge in [0.15, 0.2) is 0 Å². The second-order valence-electron chi connectivity index (χ2n) is 7.44. The van der Waals surface area contributed by atoms with Crippen LogP contribution < -0.4 is 10.6 Å². The molecule has 2 fully saturated rings. The number of rotatable bonds is 4. The van der Waals surface area contributed by atoms with E-state index in [1.807, 2.05) is 23.1 Å². The van der Waals surface area contributed by atoms with Crippen LogP contribution >= 0.6 is 0 Å².